The summed E-state index contributed by atoms with van der Waals surface area (Å²) in [6, 6.07) is 7.41. The van der Waals surface area contributed by atoms with Crippen molar-refractivity contribution in [2.24, 2.45) is 10.9 Å². The van der Waals surface area contributed by atoms with Gasteiger partial charge in [-0.15, -0.1) is 0 Å². The number of amidine groups is 1. The van der Waals surface area contributed by atoms with E-state index in [-0.39, 0.29) is 5.84 Å². The van der Waals surface area contributed by atoms with Crippen molar-refractivity contribution in [3.63, 3.8) is 0 Å². The minimum absolute atomic E-state index is 0.00351. The van der Waals surface area contributed by atoms with Crippen molar-refractivity contribution in [2.45, 2.75) is 13.1 Å². The molecule has 2 aromatic heterocycles. The van der Waals surface area contributed by atoms with Crippen molar-refractivity contribution < 1.29 is 9.94 Å². The van der Waals surface area contributed by atoms with Gasteiger partial charge in [-0.05, 0) is 23.3 Å². The molecule has 7 nitrogen and oxygen atoms in total. The number of hydrogen-bond donors (Lipinski definition) is 3. The van der Waals surface area contributed by atoms with E-state index in [0.717, 1.165) is 11.1 Å². The lowest BCUT2D eigenvalue weighted by Gasteiger charge is -2.06. The Morgan fingerprint density at radius 3 is 2.76 bits per heavy atom. The minimum Gasteiger partial charge on any atom is -0.481 e. The third kappa shape index (κ3) is 4.15. The molecular formula is C14H17N5O2. The predicted octanol–water partition coefficient (Wildman–Crippen LogP) is 0.869. The van der Waals surface area contributed by atoms with Crippen molar-refractivity contribution in [3.05, 3.63) is 53.5 Å². The van der Waals surface area contributed by atoms with Crippen LogP contribution in [0.5, 0.6) is 5.88 Å². The summed E-state index contributed by atoms with van der Waals surface area (Å²) >= 11 is 0. The summed E-state index contributed by atoms with van der Waals surface area (Å²) < 4.78 is 5.01. The van der Waals surface area contributed by atoms with Crippen LogP contribution < -0.4 is 15.8 Å². The van der Waals surface area contributed by atoms with Gasteiger partial charge in [-0.25, -0.2) is 4.98 Å². The first kappa shape index (κ1) is 14.7. The highest BCUT2D eigenvalue weighted by atomic mass is 16.5. The number of rotatable bonds is 6. The second kappa shape index (κ2) is 7.20. The van der Waals surface area contributed by atoms with Crippen LogP contribution in [0.25, 0.3) is 0 Å². The average molecular weight is 287 g/mol. The monoisotopic (exact) mass is 287 g/mol. The highest BCUT2D eigenvalue weighted by molar-refractivity contribution is 5.95. The van der Waals surface area contributed by atoms with Gasteiger partial charge in [-0.1, -0.05) is 11.2 Å². The highest BCUT2D eigenvalue weighted by Crippen LogP contribution is 2.07. The molecule has 0 bridgehead atoms. The molecule has 0 unspecified atom stereocenters. The van der Waals surface area contributed by atoms with E-state index >= 15 is 0 Å². The first-order valence-corrected chi connectivity index (χ1v) is 6.35. The molecule has 110 valence electrons. The molecule has 0 fully saturated rings. The Morgan fingerprint density at radius 2 is 2.10 bits per heavy atom. The van der Waals surface area contributed by atoms with Crippen LogP contribution in [-0.2, 0) is 13.1 Å². The molecule has 0 saturated carbocycles. The van der Waals surface area contributed by atoms with Crippen molar-refractivity contribution in [3.8, 4) is 5.88 Å². The van der Waals surface area contributed by atoms with Crippen LogP contribution in [0.3, 0.4) is 0 Å². The molecule has 0 aromatic carbocycles. The second-order valence-electron chi connectivity index (χ2n) is 4.35. The quantitative estimate of drug-likeness (QED) is 0.315. The van der Waals surface area contributed by atoms with Crippen LogP contribution in [0.1, 0.15) is 16.8 Å². The summed E-state index contributed by atoms with van der Waals surface area (Å²) in [5, 5.41) is 14.9. The number of nitrogens with one attached hydrogen (secondary N) is 1. The van der Waals surface area contributed by atoms with Gasteiger partial charge in [0.2, 0.25) is 5.88 Å². The van der Waals surface area contributed by atoms with Gasteiger partial charge in [-0.2, -0.15) is 0 Å². The van der Waals surface area contributed by atoms with E-state index in [0.29, 0.717) is 24.7 Å². The van der Waals surface area contributed by atoms with E-state index in [4.69, 9.17) is 15.7 Å². The molecule has 0 saturated heterocycles. The minimum atomic E-state index is -0.00351. The summed E-state index contributed by atoms with van der Waals surface area (Å²) in [5.74, 6) is 0.590. The largest absolute Gasteiger partial charge is 0.481 e. The first-order valence-electron chi connectivity index (χ1n) is 6.35. The SMILES string of the molecule is COc1ccc(CNCc2ccnc(C(N)=NO)c2)cn1. The zero-order valence-electron chi connectivity index (χ0n) is 11.7. The van der Waals surface area contributed by atoms with Crippen LogP contribution in [0.15, 0.2) is 41.8 Å². The maximum Gasteiger partial charge on any atom is 0.212 e. The lowest BCUT2D eigenvalue weighted by molar-refractivity contribution is 0.318. The van der Waals surface area contributed by atoms with Gasteiger partial charge in [0, 0.05) is 31.5 Å². The topological polar surface area (TPSA) is 106 Å². The van der Waals surface area contributed by atoms with E-state index in [2.05, 4.69) is 20.4 Å². The van der Waals surface area contributed by atoms with Crippen molar-refractivity contribution in [1.82, 2.24) is 15.3 Å². The number of hydrogen-bond acceptors (Lipinski definition) is 6. The number of nitrogens with two attached hydrogens (primary N) is 1. The van der Waals surface area contributed by atoms with E-state index in [1.165, 1.54) is 0 Å². The number of pyridine rings is 2. The Morgan fingerprint density at radius 1 is 1.29 bits per heavy atom. The Bertz CT molecular complexity index is 613. The Hall–Kier alpha value is -2.67. The van der Waals surface area contributed by atoms with E-state index in [1.807, 2.05) is 18.2 Å². The van der Waals surface area contributed by atoms with Gasteiger partial charge in [0.15, 0.2) is 5.84 Å². The summed E-state index contributed by atoms with van der Waals surface area (Å²) in [6.07, 6.45) is 3.39. The zero-order chi connectivity index (χ0) is 15.1. The van der Waals surface area contributed by atoms with Crippen molar-refractivity contribution in [2.75, 3.05) is 7.11 Å². The maximum absolute atomic E-state index is 8.64. The fourth-order valence-electron chi connectivity index (χ4n) is 1.76. The van der Waals surface area contributed by atoms with E-state index < -0.39 is 0 Å². The number of aromatic nitrogens is 2. The molecule has 0 radical (unpaired) electrons. The number of methoxy groups -OCH3 is 1. The van der Waals surface area contributed by atoms with Gasteiger partial charge in [-0.3, -0.25) is 4.98 Å². The van der Waals surface area contributed by atoms with Gasteiger partial charge >= 0.3 is 0 Å². The Balaban J connectivity index is 1.91. The third-order valence-electron chi connectivity index (χ3n) is 2.86. The lowest BCUT2D eigenvalue weighted by Crippen LogP contribution is -2.17. The summed E-state index contributed by atoms with van der Waals surface area (Å²) in [5.41, 5.74) is 8.00. The molecule has 0 aliphatic heterocycles. The third-order valence-corrected chi connectivity index (χ3v) is 2.86. The number of ether oxygens (including phenoxy) is 1. The molecule has 0 aliphatic rings. The van der Waals surface area contributed by atoms with Crippen LogP contribution in [-0.4, -0.2) is 28.1 Å². The lowest BCUT2D eigenvalue weighted by atomic mass is 10.2. The summed E-state index contributed by atoms with van der Waals surface area (Å²) in [7, 11) is 1.59. The summed E-state index contributed by atoms with van der Waals surface area (Å²) in [6.45, 7) is 1.32. The maximum atomic E-state index is 8.64. The first-order chi connectivity index (χ1) is 10.2. The standard InChI is InChI=1S/C14H17N5O2/c1-21-13-3-2-11(9-18-13)8-16-7-10-4-5-17-12(6-10)14(15)19-20/h2-6,9,16,20H,7-8H2,1H3,(H2,15,19). The molecule has 2 rings (SSSR count). The van der Waals surface area contributed by atoms with Crippen LogP contribution in [0.2, 0.25) is 0 Å². The molecule has 0 aliphatic carbocycles. The normalized spacial score (nSPS) is 11.4. The van der Waals surface area contributed by atoms with Crippen molar-refractivity contribution in [1.29, 1.82) is 0 Å². The predicted molar refractivity (Wildman–Crippen MR) is 78.1 cm³/mol. The van der Waals surface area contributed by atoms with E-state index in [1.54, 1.807) is 25.6 Å². The number of nitrogens with zero attached hydrogens (tertiary/aromatic N) is 3. The zero-order valence-corrected chi connectivity index (χ0v) is 11.7. The van der Waals surface area contributed by atoms with Gasteiger partial charge in [0.1, 0.15) is 5.69 Å². The fraction of sp³-hybridized carbons (Fsp3) is 0.214. The Labute approximate surface area is 122 Å². The van der Waals surface area contributed by atoms with Crippen LogP contribution in [0, 0.1) is 0 Å². The molecule has 2 heterocycles. The molecule has 7 heteroatoms. The smallest absolute Gasteiger partial charge is 0.212 e. The molecule has 0 atom stereocenters. The molecule has 0 spiro atoms. The van der Waals surface area contributed by atoms with Crippen LogP contribution in [0.4, 0.5) is 0 Å². The molecule has 4 N–H and O–H groups in total. The summed E-state index contributed by atoms with van der Waals surface area (Å²) in [4.78, 5) is 8.17. The number of oxime groups is 1. The van der Waals surface area contributed by atoms with Gasteiger partial charge in [0.25, 0.3) is 0 Å². The van der Waals surface area contributed by atoms with Crippen molar-refractivity contribution >= 4 is 5.84 Å². The van der Waals surface area contributed by atoms with Crippen LogP contribution >= 0.6 is 0 Å². The van der Waals surface area contributed by atoms with Gasteiger partial charge < -0.3 is 21.0 Å². The second-order valence-corrected chi connectivity index (χ2v) is 4.35. The molecular weight excluding hydrogens is 270 g/mol. The highest BCUT2D eigenvalue weighted by Gasteiger charge is 2.02. The molecule has 0 amide bonds. The molecule has 2 aromatic rings. The average Bonchev–Trinajstić information content (AvgIpc) is 2.55. The fourth-order valence-corrected chi connectivity index (χ4v) is 1.76. The van der Waals surface area contributed by atoms with Gasteiger partial charge in [0.05, 0.1) is 7.11 Å². The van der Waals surface area contributed by atoms with E-state index in [9.17, 15) is 0 Å². The Kier molecular flexibility index (Phi) is 5.05. The molecule has 21 heavy (non-hydrogen) atoms.